The van der Waals surface area contributed by atoms with Gasteiger partial charge in [-0.15, -0.1) is 0 Å². The molecule has 0 aliphatic rings. The van der Waals surface area contributed by atoms with Gasteiger partial charge in [-0.3, -0.25) is 0 Å². The van der Waals surface area contributed by atoms with E-state index < -0.39 is 12.0 Å². The summed E-state index contributed by atoms with van der Waals surface area (Å²) in [7, 11) is 0. The zero-order valence-corrected chi connectivity index (χ0v) is 9.35. The smallest absolute Gasteiger partial charge is 0.352 e. The summed E-state index contributed by atoms with van der Waals surface area (Å²) < 4.78 is 36.0. The van der Waals surface area contributed by atoms with Crippen molar-refractivity contribution in [1.29, 1.82) is 0 Å². The molecule has 0 spiro atoms. The van der Waals surface area contributed by atoms with Crippen LogP contribution in [0.5, 0.6) is 11.5 Å². The molecule has 0 atom stereocenters. The van der Waals surface area contributed by atoms with Gasteiger partial charge in [0.15, 0.2) is 0 Å². The quantitative estimate of drug-likeness (QED) is 0.754. The highest BCUT2D eigenvalue weighted by atomic mass is 19.2. The minimum atomic E-state index is -1.41. The molecular weight excluding hydrogens is 238 g/mol. The minimum absolute atomic E-state index is 0.196. The largest absolute Gasteiger partial charge is 0.427 e. The Hall–Kier alpha value is -2.36. The van der Waals surface area contributed by atoms with Crippen molar-refractivity contribution in [2.45, 2.75) is 0 Å². The predicted octanol–water partition coefficient (Wildman–Crippen LogP) is 4.21. The van der Waals surface area contributed by atoms with Gasteiger partial charge in [0.2, 0.25) is 0 Å². The van der Waals surface area contributed by atoms with E-state index in [2.05, 4.69) is 9.47 Å². The maximum absolute atomic E-state index is 13.3. The van der Waals surface area contributed by atoms with E-state index in [4.69, 9.17) is 0 Å². The second-order valence-corrected chi connectivity index (χ2v) is 3.38. The third kappa shape index (κ3) is 3.31. The van der Waals surface area contributed by atoms with Crippen molar-refractivity contribution in [2.75, 3.05) is 0 Å². The van der Waals surface area contributed by atoms with Crippen LogP contribution in [0.3, 0.4) is 0 Å². The van der Waals surface area contributed by atoms with Crippen molar-refractivity contribution in [3.63, 3.8) is 0 Å². The van der Waals surface area contributed by atoms with Crippen LogP contribution in [-0.2, 0) is 0 Å². The highest BCUT2D eigenvalue weighted by Gasteiger charge is 2.11. The van der Waals surface area contributed by atoms with Gasteiger partial charge in [-0.2, -0.15) is 8.78 Å². The topological polar surface area (TPSA) is 18.5 Å². The Labute approximate surface area is 103 Å². The van der Waals surface area contributed by atoms with Crippen LogP contribution in [-0.4, -0.2) is 0 Å². The first-order valence-corrected chi connectivity index (χ1v) is 5.27. The zero-order chi connectivity index (χ0) is 12.8. The molecule has 0 saturated carbocycles. The first-order chi connectivity index (χ1) is 8.75. The molecule has 0 radical (unpaired) electrons. The van der Waals surface area contributed by atoms with Crippen LogP contribution in [0.2, 0.25) is 0 Å². The van der Waals surface area contributed by atoms with Crippen molar-refractivity contribution in [2.24, 2.45) is 0 Å². The fourth-order valence-electron chi connectivity index (χ4n) is 1.26. The molecule has 0 fully saturated rings. The first kappa shape index (κ1) is 12.1. The molecule has 0 unspecified atom stereocenters. The normalized spacial score (nSPS) is 11.7. The molecule has 0 aromatic heterocycles. The Bertz CT molecular complexity index is 475. The van der Waals surface area contributed by atoms with E-state index in [0.717, 1.165) is 0 Å². The number of hydrogen-bond acceptors (Lipinski definition) is 2. The van der Waals surface area contributed by atoms with Gasteiger partial charge in [0.05, 0.1) is 0 Å². The van der Waals surface area contributed by atoms with Crippen LogP contribution in [0.4, 0.5) is 8.78 Å². The summed E-state index contributed by atoms with van der Waals surface area (Å²) in [6, 6.07) is 13.3. The number of benzene rings is 2. The van der Waals surface area contributed by atoms with Crippen LogP contribution < -0.4 is 9.47 Å². The molecule has 0 saturated heterocycles. The average molecular weight is 248 g/mol. The number of ether oxygens (including phenoxy) is 2. The Morgan fingerprint density at radius 1 is 0.611 bits per heavy atom. The molecule has 0 heterocycles. The summed E-state index contributed by atoms with van der Waals surface area (Å²) in [6.45, 7) is 0. The molecule has 0 bridgehead atoms. The second-order valence-electron chi connectivity index (χ2n) is 3.38. The highest BCUT2D eigenvalue weighted by molar-refractivity contribution is 5.24. The third-order valence-electron chi connectivity index (χ3n) is 2.06. The molecular formula is C14H10F2O2. The van der Waals surface area contributed by atoms with Crippen LogP contribution in [0.1, 0.15) is 0 Å². The fraction of sp³-hybridized carbons (Fsp3) is 0. The van der Waals surface area contributed by atoms with Crippen molar-refractivity contribution in [3.8, 4) is 11.5 Å². The van der Waals surface area contributed by atoms with Gasteiger partial charge in [0.1, 0.15) is 11.5 Å². The van der Waals surface area contributed by atoms with Crippen molar-refractivity contribution in [3.05, 3.63) is 72.7 Å². The average Bonchev–Trinajstić information content (AvgIpc) is 2.41. The zero-order valence-electron chi connectivity index (χ0n) is 9.35. The van der Waals surface area contributed by atoms with Gasteiger partial charge in [-0.05, 0) is 24.3 Å². The van der Waals surface area contributed by atoms with E-state index in [9.17, 15) is 8.78 Å². The number of halogens is 2. The lowest BCUT2D eigenvalue weighted by atomic mass is 10.3. The Kier molecular flexibility index (Phi) is 3.91. The van der Waals surface area contributed by atoms with Crippen LogP contribution in [0.25, 0.3) is 0 Å². The first-order valence-electron chi connectivity index (χ1n) is 5.27. The molecule has 2 rings (SSSR count). The van der Waals surface area contributed by atoms with Gasteiger partial charge in [0.25, 0.3) is 0 Å². The van der Waals surface area contributed by atoms with Crippen molar-refractivity contribution in [1.82, 2.24) is 0 Å². The lowest BCUT2D eigenvalue weighted by Crippen LogP contribution is -1.98. The lowest BCUT2D eigenvalue weighted by molar-refractivity contribution is 0.203. The molecule has 2 aromatic carbocycles. The lowest BCUT2D eigenvalue weighted by Gasteiger charge is -2.05. The Morgan fingerprint density at radius 2 is 0.944 bits per heavy atom. The second kappa shape index (κ2) is 5.82. The summed E-state index contributed by atoms with van der Waals surface area (Å²) in [5.74, 6) is 0.392. The number of rotatable bonds is 4. The molecule has 18 heavy (non-hydrogen) atoms. The minimum Gasteiger partial charge on any atom is -0.427 e. The summed E-state index contributed by atoms with van der Waals surface area (Å²) in [5, 5.41) is 0. The van der Waals surface area contributed by atoms with Crippen LogP contribution >= 0.6 is 0 Å². The summed E-state index contributed by atoms with van der Waals surface area (Å²) in [5.41, 5.74) is 0. The highest BCUT2D eigenvalue weighted by Crippen LogP contribution is 2.20. The Balaban J connectivity index is 2.06. The summed E-state index contributed by atoms with van der Waals surface area (Å²) in [4.78, 5) is 0. The molecule has 2 nitrogen and oxygen atoms in total. The fourth-order valence-corrected chi connectivity index (χ4v) is 1.26. The molecule has 4 heteroatoms. The van der Waals surface area contributed by atoms with E-state index in [1.54, 1.807) is 36.4 Å². The van der Waals surface area contributed by atoms with E-state index in [1.165, 1.54) is 24.3 Å². The molecule has 2 aromatic rings. The molecule has 92 valence electrons. The molecule has 0 aliphatic carbocycles. The standard InChI is InChI=1S/C14H10F2O2/c15-13(17-11-7-3-1-4-8-11)14(16)18-12-9-5-2-6-10-12/h1-10H/b14-13+. The van der Waals surface area contributed by atoms with Gasteiger partial charge >= 0.3 is 12.0 Å². The van der Waals surface area contributed by atoms with Gasteiger partial charge in [-0.25, -0.2) is 0 Å². The third-order valence-corrected chi connectivity index (χ3v) is 2.06. The van der Waals surface area contributed by atoms with E-state index in [1.807, 2.05) is 0 Å². The van der Waals surface area contributed by atoms with Crippen molar-refractivity contribution < 1.29 is 18.3 Å². The number of hydrogen-bond donors (Lipinski definition) is 0. The van der Waals surface area contributed by atoms with Crippen molar-refractivity contribution >= 4 is 0 Å². The molecule has 0 N–H and O–H groups in total. The van der Waals surface area contributed by atoms with Crippen LogP contribution in [0.15, 0.2) is 72.7 Å². The Morgan fingerprint density at radius 3 is 1.28 bits per heavy atom. The maximum atomic E-state index is 13.3. The predicted molar refractivity (Wildman–Crippen MR) is 63.4 cm³/mol. The molecule has 0 aliphatic heterocycles. The molecule has 0 amide bonds. The van der Waals surface area contributed by atoms with Crippen LogP contribution in [0, 0.1) is 0 Å². The SMILES string of the molecule is F/C(Oc1ccccc1)=C(/F)Oc1ccccc1. The van der Waals surface area contributed by atoms with E-state index in [-0.39, 0.29) is 11.5 Å². The van der Waals surface area contributed by atoms with E-state index in [0.29, 0.717) is 0 Å². The summed E-state index contributed by atoms with van der Waals surface area (Å²) in [6.07, 6.45) is 0. The van der Waals surface area contributed by atoms with Gasteiger partial charge < -0.3 is 9.47 Å². The summed E-state index contributed by atoms with van der Waals surface area (Å²) >= 11 is 0. The van der Waals surface area contributed by atoms with Gasteiger partial charge in [0, 0.05) is 0 Å². The van der Waals surface area contributed by atoms with Gasteiger partial charge in [-0.1, -0.05) is 36.4 Å². The monoisotopic (exact) mass is 248 g/mol. The maximum Gasteiger partial charge on any atom is 0.352 e. The van der Waals surface area contributed by atoms with E-state index >= 15 is 0 Å². The number of para-hydroxylation sites is 2.